The Morgan fingerprint density at radius 2 is 1.21 bits per heavy atom. The number of benzene rings is 2. The topological polar surface area (TPSA) is 165 Å². The Morgan fingerprint density at radius 1 is 0.794 bits per heavy atom. The number of aromatic nitrogens is 2. The summed E-state index contributed by atoms with van der Waals surface area (Å²) in [5.41, 5.74) is 0.958. The van der Waals surface area contributed by atoms with Crippen molar-refractivity contribution in [2.24, 2.45) is 0 Å². The van der Waals surface area contributed by atoms with E-state index < -0.39 is 21.8 Å². The van der Waals surface area contributed by atoms with Crippen molar-refractivity contribution in [1.29, 1.82) is 0 Å². The molecule has 2 aromatic heterocycles. The molecule has 0 aliphatic heterocycles. The van der Waals surface area contributed by atoms with Crippen LogP contribution in [0.2, 0.25) is 0 Å². The Bertz CT molecular complexity index is 1330. The minimum Gasteiger partial charge on any atom is -0.383 e. The van der Waals surface area contributed by atoms with Crippen LogP contribution in [0.25, 0.3) is 20.4 Å². The molecule has 16 heteroatoms. The average molecular weight is 539 g/mol. The van der Waals surface area contributed by atoms with E-state index in [9.17, 15) is 29.8 Å². The van der Waals surface area contributed by atoms with Crippen molar-refractivity contribution in [2.45, 2.75) is 21.5 Å². The number of carbonyl (C=O) groups excluding carboxylic acids is 2. The van der Waals surface area contributed by atoms with Crippen LogP contribution < -0.4 is 0 Å². The molecule has 0 saturated carbocycles. The normalized spacial score (nSPS) is 10.9. The molecule has 12 nitrogen and oxygen atoms in total. The van der Waals surface area contributed by atoms with Crippen molar-refractivity contribution in [2.75, 3.05) is 0 Å². The molecule has 4 rings (SSSR count). The van der Waals surface area contributed by atoms with Gasteiger partial charge in [0.05, 0.1) is 43.1 Å². The molecule has 0 aliphatic rings. The Balaban J connectivity index is 1.23. The van der Waals surface area contributed by atoms with Crippen LogP contribution in [0.5, 0.6) is 0 Å². The number of hydrogen-bond donors (Lipinski definition) is 0. The van der Waals surface area contributed by atoms with E-state index in [2.05, 4.69) is 9.97 Å². The number of nitrogens with zero attached hydrogens (tertiary/aromatic N) is 4. The van der Waals surface area contributed by atoms with Gasteiger partial charge in [0.2, 0.25) is 0 Å². The number of non-ortho nitro benzene ring substituents is 2. The molecule has 0 saturated heterocycles. The molecule has 4 aromatic rings. The highest BCUT2D eigenvalue weighted by Crippen LogP contribution is 2.34. The molecular weight excluding hydrogens is 528 g/mol. The summed E-state index contributed by atoms with van der Waals surface area (Å²) < 4.78 is 12.0. The lowest BCUT2D eigenvalue weighted by atomic mass is 10.3. The van der Waals surface area contributed by atoms with Gasteiger partial charge in [-0.15, -0.1) is 22.7 Å². The maximum atomic E-state index is 11.9. The first-order valence-electron chi connectivity index (χ1n) is 9.13. The van der Waals surface area contributed by atoms with Crippen molar-refractivity contribution in [3.63, 3.8) is 0 Å². The minimum atomic E-state index is -0.663. The highest BCUT2D eigenvalue weighted by molar-refractivity contribution is 7.97. The van der Waals surface area contributed by atoms with Gasteiger partial charge in [-0.1, -0.05) is 0 Å². The van der Waals surface area contributed by atoms with E-state index in [1.807, 2.05) is 0 Å². The molecule has 0 unspecified atom stereocenters. The van der Waals surface area contributed by atoms with Crippen LogP contribution >= 0.6 is 46.8 Å². The maximum absolute atomic E-state index is 11.9. The monoisotopic (exact) mass is 538 g/mol. The fourth-order valence-corrected chi connectivity index (χ4v) is 5.78. The fraction of sp³-hybridized carbons (Fsp3) is 0.111. The highest BCUT2D eigenvalue weighted by Gasteiger charge is 2.16. The number of nitro benzene ring substituents is 2. The molecule has 0 bridgehead atoms. The molecule has 0 fully saturated rings. The van der Waals surface area contributed by atoms with Crippen LogP contribution in [0, 0.1) is 20.2 Å². The number of hydrogen-bond acceptors (Lipinski definition) is 14. The number of fused-ring (bicyclic) bond motifs is 2. The first-order valence-corrected chi connectivity index (χ1v) is 12.2. The number of carbonyl (C=O) groups is 2. The van der Waals surface area contributed by atoms with Gasteiger partial charge in [-0.3, -0.25) is 29.8 Å². The van der Waals surface area contributed by atoms with Gasteiger partial charge >= 0.3 is 11.9 Å². The molecule has 0 N–H and O–H groups in total. The van der Waals surface area contributed by atoms with Crippen LogP contribution in [-0.4, -0.2) is 31.8 Å². The molecule has 0 radical (unpaired) electrons. The number of rotatable bonds is 9. The third-order valence-corrected chi connectivity index (χ3v) is 7.61. The van der Waals surface area contributed by atoms with Crippen molar-refractivity contribution in [3.05, 3.63) is 56.6 Å². The van der Waals surface area contributed by atoms with Gasteiger partial charge < -0.3 is 8.37 Å². The molecule has 0 atom stereocenters. The summed E-state index contributed by atoms with van der Waals surface area (Å²) >= 11 is 3.69. The quantitative estimate of drug-likeness (QED) is 0.153. The molecule has 174 valence electrons. The van der Waals surface area contributed by atoms with Gasteiger partial charge in [0.15, 0.2) is 8.68 Å². The predicted octanol–water partition coefficient (Wildman–Crippen LogP) is 5.30. The minimum absolute atomic E-state index is 0.0618. The van der Waals surface area contributed by atoms with Crippen LogP contribution in [0.1, 0.15) is 12.8 Å². The third kappa shape index (κ3) is 5.77. The second kappa shape index (κ2) is 10.3. The zero-order valence-electron chi connectivity index (χ0n) is 16.6. The van der Waals surface area contributed by atoms with Crippen LogP contribution in [0.15, 0.2) is 45.1 Å². The SMILES string of the molecule is O=C(CCC(=O)OSc1nc2ccc([N+](=O)[O-])cc2s1)OSc1nc2ccc([N+](=O)[O-])cc2s1. The zero-order valence-corrected chi connectivity index (χ0v) is 19.8. The second-order valence-electron chi connectivity index (χ2n) is 6.36. The lowest BCUT2D eigenvalue weighted by Gasteiger charge is -2.01. The zero-order chi connectivity index (χ0) is 24.2. The second-order valence-corrected chi connectivity index (χ2v) is 10.4. The van der Waals surface area contributed by atoms with Gasteiger partial charge in [0.1, 0.15) is 24.1 Å². The number of thiazole rings is 2. The summed E-state index contributed by atoms with van der Waals surface area (Å²) in [7, 11) is 0. The lowest BCUT2D eigenvalue weighted by Crippen LogP contribution is -2.05. The van der Waals surface area contributed by atoms with Crippen molar-refractivity contribution >= 4 is 90.5 Å². The van der Waals surface area contributed by atoms with E-state index in [1.54, 1.807) is 0 Å². The van der Waals surface area contributed by atoms with Gasteiger partial charge in [0.25, 0.3) is 11.4 Å². The summed E-state index contributed by atoms with van der Waals surface area (Å²) in [5.74, 6) is -1.33. The van der Waals surface area contributed by atoms with Gasteiger partial charge in [-0.2, -0.15) is 0 Å². The summed E-state index contributed by atoms with van der Waals surface area (Å²) in [4.78, 5) is 53.0. The van der Waals surface area contributed by atoms with Gasteiger partial charge in [-0.25, -0.2) is 9.97 Å². The summed E-state index contributed by atoms with van der Waals surface area (Å²) in [5, 5.41) is 21.7. The van der Waals surface area contributed by atoms with E-state index in [1.165, 1.54) is 36.4 Å². The summed E-state index contributed by atoms with van der Waals surface area (Å²) in [6.07, 6.45) is -0.455. The van der Waals surface area contributed by atoms with Crippen LogP contribution in [-0.2, 0) is 18.0 Å². The fourth-order valence-electron chi connectivity index (χ4n) is 2.53. The van der Waals surface area contributed by atoms with Gasteiger partial charge in [-0.05, 0) is 12.1 Å². The molecular formula is C18H10N4O8S4. The number of nitro groups is 2. The predicted molar refractivity (Wildman–Crippen MR) is 126 cm³/mol. The molecule has 0 amide bonds. The Kier molecular flexibility index (Phi) is 7.20. The van der Waals surface area contributed by atoms with E-state index in [-0.39, 0.29) is 24.2 Å². The Morgan fingerprint density at radius 3 is 1.59 bits per heavy atom. The highest BCUT2D eigenvalue weighted by atomic mass is 32.2. The van der Waals surface area contributed by atoms with Crippen molar-refractivity contribution in [3.8, 4) is 0 Å². The van der Waals surface area contributed by atoms with E-state index in [0.29, 0.717) is 53.2 Å². The first-order chi connectivity index (χ1) is 16.3. The molecule has 0 aliphatic carbocycles. The molecule has 2 heterocycles. The Labute approximate surface area is 206 Å². The summed E-state index contributed by atoms with van der Waals surface area (Å²) in [6.45, 7) is 0. The molecule has 0 spiro atoms. The van der Waals surface area contributed by atoms with Crippen molar-refractivity contribution in [1.82, 2.24) is 9.97 Å². The Hall–Kier alpha value is -3.34. The third-order valence-electron chi connectivity index (χ3n) is 4.07. The molecule has 2 aromatic carbocycles. The van der Waals surface area contributed by atoms with Crippen molar-refractivity contribution < 1.29 is 27.8 Å². The summed E-state index contributed by atoms with van der Waals surface area (Å²) in [6, 6.07) is 8.47. The maximum Gasteiger partial charge on any atom is 0.318 e. The first kappa shape index (κ1) is 23.8. The lowest BCUT2D eigenvalue weighted by molar-refractivity contribution is -0.384. The van der Waals surface area contributed by atoms with E-state index in [4.69, 9.17) is 8.37 Å². The van der Waals surface area contributed by atoms with Crippen LogP contribution in [0.4, 0.5) is 11.4 Å². The molecule has 34 heavy (non-hydrogen) atoms. The van der Waals surface area contributed by atoms with E-state index in [0.717, 1.165) is 22.7 Å². The van der Waals surface area contributed by atoms with Crippen LogP contribution in [0.3, 0.4) is 0 Å². The average Bonchev–Trinajstić information content (AvgIpc) is 3.41. The largest absolute Gasteiger partial charge is 0.383 e. The van der Waals surface area contributed by atoms with E-state index >= 15 is 0 Å². The van der Waals surface area contributed by atoms with Gasteiger partial charge in [0, 0.05) is 24.3 Å². The smallest absolute Gasteiger partial charge is 0.318 e. The standard InChI is InChI=1S/C18H10N4O8S4/c23-15(29-33-17-19-11-3-1-9(21(25)26)7-13(11)31-17)5-6-16(24)30-34-18-20-12-4-2-10(22(27)28)8-14(12)32-18/h1-4,7-8H,5-6H2.